The Morgan fingerprint density at radius 1 is 0.885 bits per heavy atom. The molecule has 4 rings (SSSR count). The van der Waals surface area contributed by atoms with E-state index in [9.17, 15) is 4.39 Å². The van der Waals surface area contributed by atoms with Crippen molar-refractivity contribution in [1.29, 1.82) is 0 Å². The Morgan fingerprint density at radius 2 is 1.58 bits per heavy atom. The summed E-state index contributed by atoms with van der Waals surface area (Å²) in [6.07, 6.45) is 5.51. The molecule has 1 aliphatic rings. The molecule has 0 unspecified atom stereocenters. The third-order valence-electron chi connectivity index (χ3n) is 4.92. The number of rotatable bonds is 6. The molecule has 0 saturated carbocycles. The molecule has 26 heavy (non-hydrogen) atoms. The Labute approximate surface area is 152 Å². The van der Waals surface area contributed by atoms with E-state index in [4.69, 9.17) is 0 Å². The van der Waals surface area contributed by atoms with Gasteiger partial charge in [-0.3, -0.25) is 4.90 Å². The lowest BCUT2D eigenvalue weighted by Gasteiger charge is -2.26. The van der Waals surface area contributed by atoms with Crippen molar-refractivity contribution in [3.05, 3.63) is 66.0 Å². The van der Waals surface area contributed by atoms with Crippen LogP contribution in [0.25, 0.3) is 16.6 Å². The van der Waals surface area contributed by atoms with Gasteiger partial charge in [-0.05, 0) is 61.2 Å². The molecular weight excluding hydrogens is 327 g/mol. The first-order chi connectivity index (χ1) is 12.8. The summed E-state index contributed by atoms with van der Waals surface area (Å²) in [6.45, 7) is 3.98. The molecule has 134 valence electrons. The Kier molecular flexibility index (Phi) is 5.07. The first-order valence-electron chi connectivity index (χ1n) is 9.25. The van der Waals surface area contributed by atoms with Crippen molar-refractivity contribution in [2.45, 2.75) is 25.8 Å². The Morgan fingerprint density at radius 3 is 2.23 bits per heavy atom. The summed E-state index contributed by atoms with van der Waals surface area (Å²) in [5.74, 6) is -0.175. The fourth-order valence-electron chi connectivity index (χ4n) is 3.43. The summed E-state index contributed by atoms with van der Waals surface area (Å²) in [4.78, 5) is 4.29. The van der Waals surface area contributed by atoms with E-state index in [0.717, 1.165) is 62.0 Å². The monoisotopic (exact) mass is 350 g/mol. The lowest BCUT2D eigenvalue weighted by Crippen LogP contribution is -2.29. The highest BCUT2D eigenvalue weighted by Gasteiger charge is 2.12. The van der Waals surface area contributed by atoms with Gasteiger partial charge < -0.3 is 0 Å². The maximum Gasteiger partial charge on any atom is 0.123 e. The third kappa shape index (κ3) is 3.99. The average Bonchev–Trinajstić information content (AvgIpc) is 3.09. The van der Waals surface area contributed by atoms with Crippen LogP contribution in [-0.2, 0) is 6.54 Å². The van der Waals surface area contributed by atoms with Crippen molar-refractivity contribution in [1.82, 2.24) is 19.9 Å². The Balaban J connectivity index is 1.23. The topological polar surface area (TPSA) is 34.0 Å². The number of nitrogens with zero attached hydrogens (tertiary/aromatic N) is 4. The van der Waals surface area contributed by atoms with Crippen molar-refractivity contribution in [3.63, 3.8) is 0 Å². The molecule has 5 heteroatoms. The van der Waals surface area contributed by atoms with E-state index in [1.54, 1.807) is 0 Å². The molecule has 2 heterocycles. The molecule has 0 fully saturated rings. The van der Waals surface area contributed by atoms with Crippen molar-refractivity contribution in [2.24, 2.45) is 0 Å². The van der Waals surface area contributed by atoms with Gasteiger partial charge in [0.25, 0.3) is 0 Å². The van der Waals surface area contributed by atoms with E-state index in [-0.39, 0.29) is 5.82 Å². The van der Waals surface area contributed by atoms with Crippen LogP contribution in [0.1, 0.15) is 24.8 Å². The van der Waals surface area contributed by atoms with Crippen LogP contribution in [0, 0.1) is 5.82 Å². The Hall–Kier alpha value is -2.53. The molecule has 0 bridgehead atoms. The van der Waals surface area contributed by atoms with Gasteiger partial charge in [0.05, 0.1) is 6.54 Å². The number of halogens is 1. The number of aryl methyl sites for hydroxylation is 1. The number of aromatic nitrogens is 3. The number of benzene rings is 2. The second kappa shape index (κ2) is 7.79. The van der Waals surface area contributed by atoms with E-state index in [1.807, 2.05) is 41.2 Å². The third-order valence-corrected chi connectivity index (χ3v) is 4.92. The van der Waals surface area contributed by atoms with Gasteiger partial charge in [0.1, 0.15) is 16.9 Å². The molecule has 1 aliphatic heterocycles. The zero-order valence-electron chi connectivity index (χ0n) is 14.8. The van der Waals surface area contributed by atoms with Crippen molar-refractivity contribution < 1.29 is 4.39 Å². The molecule has 0 radical (unpaired) electrons. The van der Waals surface area contributed by atoms with E-state index in [0.29, 0.717) is 0 Å². The molecule has 1 aromatic heterocycles. The predicted octanol–water partition coefficient (Wildman–Crippen LogP) is 4.14. The molecular formula is C21H23FN4. The minimum absolute atomic E-state index is 0.175. The van der Waals surface area contributed by atoms with Gasteiger partial charge in [0.15, 0.2) is 0 Å². The summed E-state index contributed by atoms with van der Waals surface area (Å²) in [7, 11) is 0. The lowest BCUT2D eigenvalue weighted by atomic mass is 9.99. The van der Waals surface area contributed by atoms with E-state index < -0.39 is 0 Å². The van der Waals surface area contributed by atoms with Crippen LogP contribution in [0.5, 0.6) is 0 Å². The van der Waals surface area contributed by atoms with Gasteiger partial charge in [-0.2, -0.15) is 15.0 Å². The molecule has 4 nitrogen and oxygen atoms in total. The van der Waals surface area contributed by atoms with E-state index in [1.165, 1.54) is 17.7 Å². The van der Waals surface area contributed by atoms with Gasteiger partial charge in [-0.25, -0.2) is 4.39 Å². The van der Waals surface area contributed by atoms with Crippen LogP contribution in [0.15, 0.2) is 54.6 Å². The van der Waals surface area contributed by atoms with Crippen LogP contribution < -0.4 is 0 Å². The first-order valence-corrected chi connectivity index (χ1v) is 9.25. The van der Waals surface area contributed by atoms with Crippen LogP contribution in [0.2, 0.25) is 0 Å². The maximum atomic E-state index is 13.0. The highest BCUT2D eigenvalue weighted by Crippen LogP contribution is 2.22. The van der Waals surface area contributed by atoms with Crippen LogP contribution in [-0.4, -0.2) is 39.5 Å². The molecule has 0 atom stereocenters. The molecule has 0 N–H and O–H groups in total. The SMILES string of the molecule is Fc1ccc(C2=CCN(CCCCn3nc4ccccc4n3)CC2)cc1. The van der Waals surface area contributed by atoms with Gasteiger partial charge in [-0.1, -0.05) is 30.3 Å². The zero-order valence-corrected chi connectivity index (χ0v) is 14.8. The number of hydrogen-bond donors (Lipinski definition) is 0. The molecule has 0 spiro atoms. The minimum Gasteiger partial charge on any atom is -0.299 e. The quantitative estimate of drug-likeness (QED) is 0.627. The van der Waals surface area contributed by atoms with Gasteiger partial charge in [0.2, 0.25) is 0 Å². The molecule has 0 saturated heterocycles. The summed E-state index contributed by atoms with van der Waals surface area (Å²) >= 11 is 0. The number of fused-ring (bicyclic) bond motifs is 1. The van der Waals surface area contributed by atoms with Crippen molar-refractivity contribution in [3.8, 4) is 0 Å². The maximum absolute atomic E-state index is 13.0. The van der Waals surface area contributed by atoms with Gasteiger partial charge >= 0.3 is 0 Å². The molecule has 3 aromatic rings. The normalized spacial score (nSPS) is 15.3. The zero-order chi connectivity index (χ0) is 17.8. The standard InChI is InChI=1S/C21H23FN4/c22-19-9-7-17(8-10-19)18-11-15-25(16-12-18)13-3-4-14-26-23-20-5-1-2-6-21(20)24-26/h1-2,5-11H,3-4,12-16H2. The molecule has 0 aliphatic carbocycles. The highest BCUT2D eigenvalue weighted by molar-refractivity contribution is 5.72. The smallest absolute Gasteiger partial charge is 0.123 e. The van der Waals surface area contributed by atoms with E-state index in [2.05, 4.69) is 21.2 Å². The first kappa shape index (κ1) is 16.9. The summed E-state index contributed by atoms with van der Waals surface area (Å²) in [5.41, 5.74) is 4.39. The second-order valence-electron chi connectivity index (χ2n) is 6.78. The Bertz CT molecular complexity index is 865. The fraction of sp³-hybridized carbons (Fsp3) is 0.333. The second-order valence-corrected chi connectivity index (χ2v) is 6.78. The molecule has 0 amide bonds. The number of hydrogen-bond acceptors (Lipinski definition) is 3. The van der Waals surface area contributed by atoms with E-state index >= 15 is 0 Å². The molecule has 2 aromatic carbocycles. The minimum atomic E-state index is -0.175. The van der Waals surface area contributed by atoms with Crippen LogP contribution >= 0.6 is 0 Å². The average molecular weight is 350 g/mol. The summed E-state index contributed by atoms with van der Waals surface area (Å²) in [6, 6.07) is 14.8. The van der Waals surface area contributed by atoms with Crippen molar-refractivity contribution >= 4 is 16.6 Å². The lowest BCUT2D eigenvalue weighted by molar-refractivity contribution is 0.290. The largest absolute Gasteiger partial charge is 0.299 e. The van der Waals surface area contributed by atoms with Crippen LogP contribution in [0.4, 0.5) is 4.39 Å². The van der Waals surface area contributed by atoms with Gasteiger partial charge in [-0.15, -0.1) is 0 Å². The van der Waals surface area contributed by atoms with Crippen molar-refractivity contribution in [2.75, 3.05) is 19.6 Å². The highest BCUT2D eigenvalue weighted by atomic mass is 19.1. The van der Waals surface area contributed by atoms with Crippen LogP contribution in [0.3, 0.4) is 0 Å². The van der Waals surface area contributed by atoms with Gasteiger partial charge in [0, 0.05) is 13.1 Å². The fourth-order valence-corrected chi connectivity index (χ4v) is 3.43. The summed E-state index contributed by atoms with van der Waals surface area (Å²) < 4.78 is 13.0. The predicted molar refractivity (Wildman–Crippen MR) is 102 cm³/mol. The number of unbranched alkanes of at least 4 members (excludes halogenated alkanes) is 1. The summed E-state index contributed by atoms with van der Waals surface area (Å²) in [5, 5.41) is 9.00.